The lowest BCUT2D eigenvalue weighted by molar-refractivity contribution is 0.139. The van der Waals surface area contributed by atoms with Crippen LogP contribution in [0.2, 0.25) is 0 Å². The van der Waals surface area contributed by atoms with E-state index in [0.717, 1.165) is 18.8 Å². The summed E-state index contributed by atoms with van der Waals surface area (Å²) in [5.41, 5.74) is 6.39. The van der Waals surface area contributed by atoms with Gasteiger partial charge >= 0.3 is 0 Å². The summed E-state index contributed by atoms with van der Waals surface area (Å²) in [6.07, 6.45) is 4.87. The predicted octanol–water partition coefficient (Wildman–Crippen LogP) is 2.44. The van der Waals surface area contributed by atoms with Gasteiger partial charge in [0.15, 0.2) is 0 Å². The average molecular weight is 277 g/mol. The molecule has 0 saturated heterocycles. The summed E-state index contributed by atoms with van der Waals surface area (Å²) in [5, 5.41) is 0. The van der Waals surface area contributed by atoms with Crippen molar-refractivity contribution in [2.75, 3.05) is 5.75 Å². The fraction of sp³-hybridized carbons (Fsp3) is 1.00. The number of hydrogen-bond donors (Lipinski definition) is 2. The number of rotatable bonds is 4. The fourth-order valence-corrected chi connectivity index (χ4v) is 3.50. The van der Waals surface area contributed by atoms with E-state index in [1.807, 2.05) is 0 Å². The van der Waals surface area contributed by atoms with Crippen molar-refractivity contribution >= 4 is 10.1 Å². The molecule has 0 aromatic rings. The van der Waals surface area contributed by atoms with Gasteiger partial charge in [-0.3, -0.25) is 4.55 Å². The van der Waals surface area contributed by atoms with Crippen LogP contribution in [0.5, 0.6) is 0 Å². The molecule has 1 unspecified atom stereocenters. The molecule has 4 nitrogen and oxygen atoms in total. The van der Waals surface area contributed by atoms with E-state index in [1.165, 1.54) is 12.8 Å². The fourth-order valence-electron chi connectivity index (χ4n) is 2.93. The van der Waals surface area contributed by atoms with E-state index in [1.54, 1.807) is 0 Å². The molecule has 1 aliphatic carbocycles. The van der Waals surface area contributed by atoms with Gasteiger partial charge in [0.25, 0.3) is 10.1 Å². The van der Waals surface area contributed by atoms with E-state index >= 15 is 0 Å². The monoisotopic (exact) mass is 277 g/mol. The van der Waals surface area contributed by atoms with Gasteiger partial charge in [-0.1, -0.05) is 20.8 Å². The van der Waals surface area contributed by atoms with Crippen molar-refractivity contribution in [3.8, 4) is 0 Å². The molecule has 0 bridgehead atoms. The Labute approximate surface area is 111 Å². The van der Waals surface area contributed by atoms with Gasteiger partial charge in [0, 0.05) is 6.04 Å². The van der Waals surface area contributed by atoms with Crippen molar-refractivity contribution in [1.29, 1.82) is 0 Å². The number of nitrogens with two attached hydrogens (primary N) is 1. The minimum absolute atomic E-state index is 0.104. The van der Waals surface area contributed by atoms with Crippen LogP contribution in [0.25, 0.3) is 0 Å². The molecule has 18 heavy (non-hydrogen) atoms. The Morgan fingerprint density at radius 1 is 1.22 bits per heavy atom. The first-order chi connectivity index (χ1) is 8.09. The normalized spacial score (nSPS) is 28.1. The molecule has 0 aromatic heterocycles. The molecule has 1 rings (SSSR count). The summed E-state index contributed by atoms with van der Waals surface area (Å²) in [4.78, 5) is 0. The largest absolute Gasteiger partial charge is 0.327 e. The quantitative estimate of drug-likeness (QED) is 0.773. The summed E-state index contributed by atoms with van der Waals surface area (Å²) in [6.45, 7) is 6.82. The Balaban J connectivity index is 2.39. The van der Waals surface area contributed by atoms with Crippen LogP contribution in [0.3, 0.4) is 0 Å². The van der Waals surface area contributed by atoms with Crippen LogP contribution in [0.1, 0.15) is 52.9 Å². The zero-order valence-corrected chi connectivity index (χ0v) is 12.5. The molecule has 3 N–H and O–H groups in total. The third kappa shape index (κ3) is 5.24. The highest BCUT2D eigenvalue weighted by Gasteiger charge is 2.31. The molecule has 0 heterocycles. The lowest BCUT2D eigenvalue weighted by atomic mass is 9.68. The average Bonchev–Trinajstić information content (AvgIpc) is 2.24. The van der Waals surface area contributed by atoms with Crippen molar-refractivity contribution < 1.29 is 13.0 Å². The molecule has 0 radical (unpaired) electrons. The molecule has 0 amide bonds. The van der Waals surface area contributed by atoms with Gasteiger partial charge in [-0.05, 0) is 49.4 Å². The third-order valence-corrected chi connectivity index (χ3v) is 5.06. The molecule has 1 saturated carbocycles. The van der Waals surface area contributed by atoms with Crippen molar-refractivity contribution in [2.24, 2.45) is 23.0 Å². The summed E-state index contributed by atoms with van der Waals surface area (Å²) in [6, 6.07) is -0.104. The highest BCUT2D eigenvalue weighted by atomic mass is 32.2. The maximum Gasteiger partial charge on any atom is 0.264 e. The highest BCUT2D eigenvalue weighted by Crippen LogP contribution is 2.40. The summed E-state index contributed by atoms with van der Waals surface area (Å²) in [5.74, 6) is 0.931. The van der Waals surface area contributed by atoms with Crippen LogP contribution in [-0.4, -0.2) is 24.8 Å². The summed E-state index contributed by atoms with van der Waals surface area (Å²) < 4.78 is 30.1. The van der Waals surface area contributed by atoms with E-state index < -0.39 is 10.1 Å². The Kier molecular flexibility index (Phi) is 5.21. The van der Waals surface area contributed by atoms with Gasteiger partial charge in [0.1, 0.15) is 0 Å². The van der Waals surface area contributed by atoms with Crippen LogP contribution in [0.15, 0.2) is 0 Å². The van der Waals surface area contributed by atoms with Gasteiger partial charge in [0.2, 0.25) is 0 Å². The van der Waals surface area contributed by atoms with E-state index in [-0.39, 0.29) is 11.8 Å². The summed E-state index contributed by atoms with van der Waals surface area (Å²) >= 11 is 0. The first-order valence-electron chi connectivity index (χ1n) is 6.80. The minimum Gasteiger partial charge on any atom is -0.327 e. The lowest BCUT2D eigenvalue weighted by Gasteiger charge is -2.38. The number of hydrogen-bond acceptors (Lipinski definition) is 3. The van der Waals surface area contributed by atoms with Crippen molar-refractivity contribution in [3.05, 3.63) is 0 Å². The van der Waals surface area contributed by atoms with Crippen LogP contribution >= 0.6 is 0 Å². The van der Waals surface area contributed by atoms with Crippen LogP contribution in [-0.2, 0) is 10.1 Å². The first kappa shape index (κ1) is 15.9. The Morgan fingerprint density at radius 3 is 2.11 bits per heavy atom. The van der Waals surface area contributed by atoms with Crippen molar-refractivity contribution in [3.63, 3.8) is 0 Å². The lowest BCUT2D eigenvalue weighted by Crippen LogP contribution is -2.36. The molecular formula is C13H27NO3S. The second-order valence-electron chi connectivity index (χ2n) is 6.72. The maximum absolute atomic E-state index is 10.7. The Bertz CT molecular complexity index is 351. The Hall–Kier alpha value is -0.130. The SMILES string of the molecule is CC(C)(C)C1CCC(C(N)CCS(=O)(=O)O)CC1. The molecule has 108 valence electrons. The van der Waals surface area contributed by atoms with Gasteiger partial charge in [0.05, 0.1) is 5.75 Å². The molecule has 1 atom stereocenters. The smallest absolute Gasteiger partial charge is 0.264 e. The predicted molar refractivity (Wildman–Crippen MR) is 73.9 cm³/mol. The van der Waals surface area contributed by atoms with Crippen molar-refractivity contribution in [1.82, 2.24) is 0 Å². The molecule has 0 spiro atoms. The highest BCUT2D eigenvalue weighted by molar-refractivity contribution is 7.85. The van der Waals surface area contributed by atoms with Crippen LogP contribution in [0.4, 0.5) is 0 Å². The standard InChI is InChI=1S/C13H27NO3S/c1-13(2,3)11-6-4-10(5-7-11)12(14)8-9-18(15,16)17/h10-12H,4-9,14H2,1-3H3,(H,15,16,17). The van der Waals surface area contributed by atoms with Crippen molar-refractivity contribution in [2.45, 2.75) is 58.9 Å². The molecule has 1 fully saturated rings. The van der Waals surface area contributed by atoms with Gasteiger partial charge in [-0.15, -0.1) is 0 Å². The first-order valence-corrected chi connectivity index (χ1v) is 8.41. The van der Waals surface area contributed by atoms with Gasteiger partial charge in [-0.25, -0.2) is 0 Å². The molecule has 1 aliphatic rings. The zero-order valence-electron chi connectivity index (χ0n) is 11.7. The second kappa shape index (κ2) is 5.88. The second-order valence-corrected chi connectivity index (χ2v) is 8.29. The molecule has 5 heteroatoms. The van der Waals surface area contributed by atoms with E-state index in [4.69, 9.17) is 10.3 Å². The third-order valence-electron chi connectivity index (χ3n) is 4.31. The minimum atomic E-state index is -3.87. The van der Waals surface area contributed by atoms with Crippen LogP contribution < -0.4 is 5.73 Å². The maximum atomic E-state index is 10.7. The zero-order chi connectivity index (χ0) is 14.0. The summed E-state index contributed by atoms with van der Waals surface area (Å²) in [7, 11) is -3.87. The van der Waals surface area contributed by atoms with Gasteiger partial charge in [-0.2, -0.15) is 8.42 Å². The molecule has 0 aromatic carbocycles. The topological polar surface area (TPSA) is 80.4 Å². The molecule has 0 aliphatic heterocycles. The van der Waals surface area contributed by atoms with E-state index in [9.17, 15) is 8.42 Å². The van der Waals surface area contributed by atoms with Crippen LogP contribution in [0, 0.1) is 17.3 Å². The van der Waals surface area contributed by atoms with E-state index in [2.05, 4.69) is 20.8 Å². The Morgan fingerprint density at radius 2 is 1.72 bits per heavy atom. The van der Waals surface area contributed by atoms with E-state index in [0.29, 0.717) is 17.8 Å². The van der Waals surface area contributed by atoms with Gasteiger partial charge < -0.3 is 5.73 Å². The molecular weight excluding hydrogens is 250 g/mol.